The summed E-state index contributed by atoms with van der Waals surface area (Å²) in [5, 5.41) is 14.5. The number of rotatable bonds is 4. The first kappa shape index (κ1) is 16.1. The van der Waals surface area contributed by atoms with Crippen molar-refractivity contribution < 1.29 is 18.6 Å². The van der Waals surface area contributed by atoms with Crippen LogP contribution in [0.2, 0.25) is 0 Å². The van der Waals surface area contributed by atoms with E-state index >= 15 is 0 Å². The third kappa shape index (κ3) is 3.42. The molecule has 2 aromatic rings. The minimum atomic E-state index is -1.44. The quantitative estimate of drug-likeness (QED) is 0.909. The first-order valence-electron chi connectivity index (χ1n) is 7.64. The average Bonchev–Trinajstić information content (AvgIpc) is 2.59. The molecule has 1 aliphatic rings. The van der Waals surface area contributed by atoms with E-state index in [1.807, 2.05) is 6.07 Å². The molecule has 1 unspecified atom stereocenters. The van der Waals surface area contributed by atoms with Gasteiger partial charge in [0.2, 0.25) is 0 Å². The lowest BCUT2D eigenvalue weighted by atomic mass is 9.82. The van der Waals surface area contributed by atoms with Crippen molar-refractivity contribution in [2.24, 2.45) is 0 Å². The molecule has 0 saturated carbocycles. The van der Waals surface area contributed by atoms with Gasteiger partial charge in [-0.3, -0.25) is 0 Å². The van der Waals surface area contributed by atoms with Crippen molar-refractivity contribution in [3.8, 4) is 0 Å². The summed E-state index contributed by atoms with van der Waals surface area (Å²) in [4.78, 5) is 0. The van der Waals surface area contributed by atoms with E-state index in [0.717, 1.165) is 18.2 Å². The van der Waals surface area contributed by atoms with E-state index in [0.29, 0.717) is 25.3 Å². The molecule has 2 atom stereocenters. The van der Waals surface area contributed by atoms with Crippen molar-refractivity contribution >= 4 is 0 Å². The van der Waals surface area contributed by atoms with Crippen LogP contribution in [0.5, 0.6) is 0 Å². The number of benzene rings is 2. The van der Waals surface area contributed by atoms with E-state index in [-0.39, 0.29) is 12.0 Å². The highest BCUT2D eigenvalue weighted by Crippen LogP contribution is 2.32. The number of ether oxygens (including phenoxy) is 1. The molecule has 0 amide bonds. The Labute approximate surface area is 133 Å². The molecule has 23 heavy (non-hydrogen) atoms. The van der Waals surface area contributed by atoms with Crippen LogP contribution < -0.4 is 5.32 Å². The lowest BCUT2D eigenvalue weighted by Crippen LogP contribution is -2.52. The molecule has 0 radical (unpaired) electrons. The molecule has 1 aliphatic heterocycles. The third-order valence-electron chi connectivity index (χ3n) is 4.20. The standard InChI is InChI=1S/C18H19F2NO2/c19-15-6-7-16(20)13(10-15)11-18(22,14-4-2-1-3-5-14)17-12-21-8-9-23-17/h1-7,10,17,21-22H,8-9,11-12H2/t17-,18?/m0/s1. The Kier molecular flexibility index (Phi) is 4.71. The third-order valence-corrected chi connectivity index (χ3v) is 4.20. The van der Waals surface area contributed by atoms with E-state index in [2.05, 4.69) is 5.32 Å². The van der Waals surface area contributed by atoms with Gasteiger partial charge in [-0.1, -0.05) is 30.3 Å². The van der Waals surface area contributed by atoms with Gasteiger partial charge in [0.25, 0.3) is 0 Å². The molecule has 0 spiro atoms. The zero-order valence-corrected chi connectivity index (χ0v) is 12.6. The number of aliphatic hydroxyl groups is 1. The summed E-state index contributed by atoms with van der Waals surface area (Å²) in [6.07, 6.45) is -0.603. The predicted octanol–water partition coefficient (Wildman–Crippen LogP) is 2.38. The first-order valence-corrected chi connectivity index (χ1v) is 7.64. The van der Waals surface area contributed by atoms with Crippen molar-refractivity contribution in [1.29, 1.82) is 0 Å². The molecule has 0 aliphatic carbocycles. The lowest BCUT2D eigenvalue weighted by Gasteiger charge is -2.39. The van der Waals surface area contributed by atoms with Gasteiger partial charge in [0.15, 0.2) is 0 Å². The summed E-state index contributed by atoms with van der Waals surface area (Å²) >= 11 is 0. The van der Waals surface area contributed by atoms with E-state index in [1.54, 1.807) is 24.3 Å². The molecule has 1 saturated heterocycles. The predicted molar refractivity (Wildman–Crippen MR) is 83.0 cm³/mol. The van der Waals surface area contributed by atoms with Crippen molar-refractivity contribution in [3.63, 3.8) is 0 Å². The molecule has 3 rings (SSSR count). The Hall–Kier alpha value is -1.82. The molecule has 1 heterocycles. The van der Waals surface area contributed by atoms with Crippen LogP contribution >= 0.6 is 0 Å². The monoisotopic (exact) mass is 319 g/mol. The zero-order chi connectivity index (χ0) is 16.3. The van der Waals surface area contributed by atoms with Crippen molar-refractivity contribution in [2.45, 2.75) is 18.1 Å². The largest absolute Gasteiger partial charge is 0.382 e. The van der Waals surface area contributed by atoms with Gasteiger partial charge in [-0.2, -0.15) is 0 Å². The van der Waals surface area contributed by atoms with Gasteiger partial charge in [-0.05, 0) is 29.3 Å². The number of halogens is 2. The van der Waals surface area contributed by atoms with Crippen molar-refractivity contribution in [2.75, 3.05) is 19.7 Å². The van der Waals surface area contributed by atoms with E-state index in [4.69, 9.17) is 4.74 Å². The van der Waals surface area contributed by atoms with Crippen LogP contribution in [0.25, 0.3) is 0 Å². The second-order valence-electron chi connectivity index (χ2n) is 5.77. The van der Waals surface area contributed by atoms with Gasteiger partial charge in [-0.25, -0.2) is 8.78 Å². The van der Waals surface area contributed by atoms with E-state index < -0.39 is 23.3 Å². The lowest BCUT2D eigenvalue weighted by molar-refractivity contribution is -0.124. The second kappa shape index (κ2) is 6.74. The Balaban J connectivity index is 1.99. The fraction of sp³-hybridized carbons (Fsp3) is 0.333. The number of hydrogen-bond donors (Lipinski definition) is 2. The maximum absolute atomic E-state index is 14.0. The van der Waals surface area contributed by atoms with Gasteiger partial charge in [-0.15, -0.1) is 0 Å². The van der Waals surface area contributed by atoms with Crippen LogP contribution in [0, 0.1) is 11.6 Å². The number of nitrogens with one attached hydrogen (secondary N) is 1. The van der Waals surface area contributed by atoms with E-state index in [1.165, 1.54) is 0 Å². The first-order chi connectivity index (χ1) is 11.1. The molecule has 5 heteroatoms. The van der Waals surface area contributed by atoms with E-state index in [9.17, 15) is 13.9 Å². The molecular weight excluding hydrogens is 300 g/mol. The Morgan fingerprint density at radius 1 is 1.17 bits per heavy atom. The van der Waals surface area contributed by atoms with Crippen LogP contribution in [0.3, 0.4) is 0 Å². The van der Waals surface area contributed by atoms with Crippen molar-refractivity contribution in [3.05, 3.63) is 71.3 Å². The Morgan fingerprint density at radius 3 is 2.65 bits per heavy atom. The topological polar surface area (TPSA) is 41.5 Å². The van der Waals surface area contributed by atoms with Crippen LogP contribution in [-0.4, -0.2) is 30.9 Å². The van der Waals surface area contributed by atoms with Gasteiger partial charge in [0, 0.05) is 19.5 Å². The summed E-state index contributed by atoms with van der Waals surface area (Å²) in [7, 11) is 0. The maximum Gasteiger partial charge on any atom is 0.126 e. The van der Waals surface area contributed by atoms with Gasteiger partial charge in [0.1, 0.15) is 23.3 Å². The van der Waals surface area contributed by atoms with Crippen molar-refractivity contribution in [1.82, 2.24) is 5.32 Å². The minimum absolute atomic E-state index is 0.0625. The Morgan fingerprint density at radius 2 is 1.96 bits per heavy atom. The molecule has 122 valence electrons. The smallest absolute Gasteiger partial charge is 0.126 e. The molecule has 1 fully saturated rings. The fourth-order valence-electron chi connectivity index (χ4n) is 2.97. The number of hydrogen-bond acceptors (Lipinski definition) is 3. The molecular formula is C18H19F2NO2. The zero-order valence-electron chi connectivity index (χ0n) is 12.6. The highest BCUT2D eigenvalue weighted by atomic mass is 19.1. The van der Waals surface area contributed by atoms with Gasteiger partial charge >= 0.3 is 0 Å². The maximum atomic E-state index is 14.0. The molecule has 2 aromatic carbocycles. The van der Waals surface area contributed by atoms with Gasteiger partial charge < -0.3 is 15.2 Å². The molecule has 2 N–H and O–H groups in total. The van der Waals surface area contributed by atoms with Crippen LogP contribution in [0.4, 0.5) is 8.78 Å². The Bertz CT molecular complexity index is 659. The second-order valence-corrected chi connectivity index (χ2v) is 5.77. The highest BCUT2D eigenvalue weighted by molar-refractivity contribution is 5.29. The van der Waals surface area contributed by atoms with Crippen LogP contribution in [0.15, 0.2) is 48.5 Å². The van der Waals surface area contributed by atoms with Crippen LogP contribution in [0.1, 0.15) is 11.1 Å². The number of morpholine rings is 1. The van der Waals surface area contributed by atoms with Gasteiger partial charge in [0.05, 0.1) is 6.61 Å². The highest BCUT2D eigenvalue weighted by Gasteiger charge is 2.41. The molecule has 3 nitrogen and oxygen atoms in total. The van der Waals surface area contributed by atoms with Crippen LogP contribution in [-0.2, 0) is 16.8 Å². The average molecular weight is 319 g/mol. The summed E-state index contributed by atoms with van der Waals surface area (Å²) < 4.78 is 33.2. The summed E-state index contributed by atoms with van der Waals surface area (Å²) in [6, 6.07) is 12.3. The normalized spacial score (nSPS) is 20.9. The minimum Gasteiger partial charge on any atom is -0.382 e. The molecule has 0 aromatic heterocycles. The summed E-state index contributed by atoms with van der Waals surface area (Å²) in [6.45, 7) is 1.61. The summed E-state index contributed by atoms with van der Waals surface area (Å²) in [5.74, 6) is -1.07. The summed E-state index contributed by atoms with van der Waals surface area (Å²) in [5.41, 5.74) is -0.688. The molecule has 0 bridgehead atoms. The fourth-order valence-corrected chi connectivity index (χ4v) is 2.97. The SMILES string of the molecule is OC(Cc1cc(F)ccc1F)(c1ccccc1)[C@@H]1CNCCO1.